The highest BCUT2D eigenvalue weighted by Gasteiger charge is 2.11. The fourth-order valence-corrected chi connectivity index (χ4v) is 2.12. The van der Waals surface area contributed by atoms with E-state index in [1.807, 2.05) is 30.3 Å². The van der Waals surface area contributed by atoms with Crippen LogP contribution in [0.5, 0.6) is 0 Å². The number of hydrogen-bond donors (Lipinski definition) is 2. The first-order chi connectivity index (χ1) is 12.1. The number of carbonyl (C=O) groups is 1. The molecule has 1 heterocycles. The Morgan fingerprint density at radius 2 is 1.64 bits per heavy atom. The Hall–Kier alpha value is -3.35. The number of rotatable bonds is 5. The summed E-state index contributed by atoms with van der Waals surface area (Å²) in [5, 5.41) is 5.23. The monoisotopic (exact) mass is 340 g/mol. The third-order valence-electron chi connectivity index (χ3n) is 3.40. The van der Waals surface area contributed by atoms with Crippen LogP contribution in [0.25, 0.3) is 0 Å². The van der Waals surface area contributed by atoms with Gasteiger partial charge in [0.15, 0.2) is 0 Å². The van der Waals surface area contributed by atoms with E-state index in [0.717, 1.165) is 17.7 Å². The number of amides is 1. The summed E-state index contributed by atoms with van der Waals surface area (Å²) in [5.41, 5.74) is 0.741. The highest BCUT2D eigenvalue weighted by molar-refractivity contribution is 5.92. The van der Waals surface area contributed by atoms with Gasteiger partial charge in [-0.2, -0.15) is 0 Å². The predicted octanol–water partition coefficient (Wildman–Crippen LogP) is 3.43. The maximum absolute atomic E-state index is 13.6. The molecular formula is C18H14F2N4O. The van der Waals surface area contributed by atoms with Gasteiger partial charge in [0.1, 0.15) is 28.8 Å². The summed E-state index contributed by atoms with van der Waals surface area (Å²) in [6.07, 6.45) is 2.48. The average Bonchev–Trinajstić information content (AvgIpc) is 2.64. The van der Waals surface area contributed by atoms with Gasteiger partial charge in [-0.05, 0) is 17.7 Å². The Morgan fingerprint density at radius 3 is 2.28 bits per heavy atom. The topological polar surface area (TPSA) is 66.9 Å². The van der Waals surface area contributed by atoms with Crippen LogP contribution >= 0.6 is 0 Å². The molecule has 2 aromatic carbocycles. The van der Waals surface area contributed by atoms with Crippen molar-refractivity contribution in [3.63, 3.8) is 0 Å². The van der Waals surface area contributed by atoms with Crippen molar-refractivity contribution in [2.45, 2.75) is 6.54 Å². The molecule has 0 fully saturated rings. The summed E-state index contributed by atoms with van der Waals surface area (Å²) < 4.78 is 27.2. The van der Waals surface area contributed by atoms with Gasteiger partial charge in [0, 0.05) is 6.54 Å². The second kappa shape index (κ2) is 7.48. The SMILES string of the molecule is O=C(NCc1ccccc1)c1cnc(Nc2c(F)cccc2F)cn1. The molecule has 0 unspecified atom stereocenters. The molecule has 0 saturated heterocycles. The smallest absolute Gasteiger partial charge is 0.271 e. The van der Waals surface area contributed by atoms with Gasteiger partial charge >= 0.3 is 0 Å². The van der Waals surface area contributed by atoms with Crippen LogP contribution in [-0.4, -0.2) is 15.9 Å². The molecule has 0 radical (unpaired) electrons. The molecule has 5 nitrogen and oxygen atoms in total. The van der Waals surface area contributed by atoms with Crippen LogP contribution in [-0.2, 0) is 6.54 Å². The predicted molar refractivity (Wildman–Crippen MR) is 89.3 cm³/mol. The Labute approximate surface area is 142 Å². The lowest BCUT2D eigenvalue weighted by atomic mass is 10.2. The van der Waals surface area contributed by atoms with Crippen molar-refractivity contribution in [2.75, 3.05) is 5.32 Å². The van der Waals surface area contributed by atoms with Gasteiger partial charge in [-0.3, -0.25) is 4.79 Å². The van der Waals surface area contributed by atoms with Crippen LogP contribution in [0.3, 0.4) is 0 Å². The van der Waals surface area contributed by atoms with E-state index in [0.29, 0.717) is 6.54 Å². The number of halogens is 2. The number of benzene rings is 2. The summed E-state index contributed by atoms with van der Waals surface area (Å²) in [4.78, 5) is 20.0. The summed E-state index contributed by atoms with van der Waals surface area (Å²) >= 11 is 0. The Balaban J connectivity index is 1.64. The molecule has 0 bridgehead atoms. The van der Waals surface area contributed by atoms with Crippen molar-refractivity contribution in [3.8, 4) is 0 Å². The standard InChI is InChI=1S/C18H14F2N4O/c19-13-7-4-8-14(20)17(13)24-16-11-21-15(10-22-16)18(25)23-9-12-5-2-1-3-6-12/h1-8,10-11H,9H2,(H,22,24)(H,23,25). The molecule has 1 aromatic heterocycles. The second-order valence-electron chi connectivity index (χ2n) is 5.18. The van der Waals surface area contributed by atoms with Gasteiger partial charge in [0.2, 0.25) is 0 Å². The van der Waals surface area contributed by atoms with Gasteiger partial charge in [0.05, 0.1) is 12.4 Å². The van der Waals surface area contributed by atoms with Gasteiger partial charge in [-0.25, -0.2) is 18.7 Å². The first-order valence-electron chi connectivity index (χ1n) is 7.48. The fourth-order valence-electron chi connectivity index (χ4n) is 2.12. The minimum atomic E-state index is -0.744. The highest BCUT2D eigenvalue weighted by Crippen LogP contribution is 2.21. The molecule has 0 aliphatic rings. The number of nitrogens with zero attached hydrogens (tertiary/aromatic N) is 2. The molecule has 7 heteroatoms. The highest BCUT2D eigenvalue weighted by atomic mass is 19.1. The lowest BCUT2D eigenvalue weighted by Gasteiger charge is -2.08. The van der Waals surface area contributed by atoms with E-state index in [1.54, 1.807) is 0 Å². The van der Waals surface area contributed by atoms with E-state index >= 15 is 0 Å². The summed E-state index contributed by atoms with van der Waals surface area (Å²) in [5.74, 6) is -1.75. The van der Waals surface area contributed by atoms with Crippen LogP contribution in [0.4, 0.5) is 20.3 Å². The van der Waals surface area contributed by atoms with Gasteiger partial charge in [0.25, 0.3) is 5.91 Å². The Kier molecular flexibility index (Phi) is 4.94. The molecule has 3 rings (SSSR count). The minimum Gasteiger partial charge on any atom is -0.347 e. The number of anilines is 2. The minimum absolute atomic E-state index is 0.107. The van der Waals surface area contributed by atoms with Crippen molar-refractivity contribution >= 4 is 17.4 Å². The van der Waals surface area contributed by atoms with Crippen molar-refractivity contribution in [3.05, 3.63) is 83.8 Å². The first-order valence-corrected chi connectivity index (χ1v) is 7.48. The third-order valence-corrected chi connectivity index (χ3v) is 3.40. The van der Waals surface area contributed by atoms with Crippen LogP contribution in [0, 0.1) is 11.6 Å². The Bertz CT molecular complexity index is 850. The lowest BCUT2D eigenvalue weighted by molar-refractivity contribution is 0.0945. The van der Waals surface area contributed by atoms with Crippen LogP contribution in [0.2, 0.25) is 0 Å². The molecule has 2 N–H and O–H groups in total. The molecule has 126 valence electrons. The molecular weight excluding hydrogens is 326 g/mol. The zero-order chi connectivity index (χ0) is 17.6. The summed E-state index contributed by atoms with van der Waals surface area (Å²) in [6.45, 7) is 0.363. The quantitative estimate of drug-likeness (QED) is 0.747. The summed E-state index contributed by atoms with van der Waals surface area (Å²) in [7, 11) is 0. The van der Waals surface area contributed by atoms with E-state index < -0.39 is 11.6 Å². The van der Waals surface area contributed by atoms with Crippen molar-refractivity contribution in [1.82, 2.24) is 15.3 Å². The van der Waals surface area contributed by atoms with Crippen LogP contribution in [0.15, 0.2) is 60.9 Å². The number of para-hydroxylation sites is 1. The normalized spacial score (nSPS) is 10.3. The zero-order valence-electron chi connectivity index (χ0n) is 13.0. The van der Waals surface area contributed by atoms with Crippen molar-refractivity contribution in [1.29, 1.82) is 0 Å². The molecule has 25 heavy (non-hydrogen) atoms. The van der Waals surface area contributed by atoms with E-state index in [9.17, 15) is 13.6 Å². The number of carbonyl (C=O) groups excluding carboxylic acids is 1. The molecule has 0 spiro atoms. The largest absolute Gasteiger partial charge is 0.347 e. The van der Waals surface area contributed by atoms with Crippen molar-refractivity contribution in [2.24, 2.45) is 0 Å². The maximum Gasteiger partial charge on any atom is 0.271 e. The van der Waals surface area contributed by atoms with Gasteiger partial charge < -0.3 is 10.6 Å². The second-order valence-corrected chi connectivity index (χ2v) is 5.18. The Morgan fingerprint density at radius 1 is 0.920 bits per heavy atom. The van der Waals surface area contributed by atoms with E-state index in [-0.39, 0.29) is 23.1 Å². The zero-order valence-corrected chi connectivity index (χ0v) is 13.0. The van der Waals surface area contributed by atoms with Gasteiger partial charge in [-0.1, -0.05) is 36.4 Å². The van der Waals surface area contributed by atoms with E-state index in [4.69, 9.17) is 0 Å². The molecule has 0 aliphatic carbocycles. The average molecular weight is 340 g/mol. The summed E-state index contributed by atoms with van der Waals surface area (Å²) in [6, 6.07) is 13.0. The maximum atomic E-state index is 13.6. The molecule has 0 saturated carbocycles. The fraction of sp³-hybridized carbons (Fsp3) is 0.0556. The lowest BCUT2D eigenvalue weighted by Crippen LogP contribution is -2.24. The molecule has 1 amide bonds. The van der Waals surface area contributed by atoms with E-state index in [2.05, 4.69) is 20.6 Å². The van der Waals surface area contributed by atoms with Crippen LogP contribution < -0.4 is 10.6 Å². The first kappa shape index (κ1) is 16.5. The van der Waals surface area contributed by atoms with Crippen molar-refractivity contribution < 1.29 is 13.6 Å². The number of hydrogen-bond acceptors (Lipinski definition) is 4. The molecule has 3 aromatic rings. The molecule has 0 atom stereocenters. The molecule has 0 aliphatic heterocycles. The third kappa shape index (κ3) is 4.14. The number of nitrogens with one attached hydrogen (secondary N) is 2. The van der Waals surface area contributed by atoms with E-state index in [1.165, 1.54) is 18.5 Å². The van der Waals surface area contributed by atoms with Crippen LogP contribution in [0.1, 0.15) is 16.1 Å². The van der Waals surface area contributed by atoms with Gasteiger partial charge in [-0.15, -0.1) is 0 Å². The number of aromatic nitrogens is 2.